The summed E-state index contributed by atoms with van der Waals surface area (Å²) in [6.07, 6.45) is 0.996. The van der Waals surface area contributed by atoms with Gasteiger partial charge in [-0.1, -0.05) is 27.7 Å². The lowest BCUT2D eigenvalue weighted by molar-refractivity contribution is 0.0856. The van der Waals surface area contributed by atoms with E-state index in [1.165, 1.54) is 0 Å². The van der Waals surface area contributed by atoms with E-state index in [4.69, 9.17) is 13.9 Å². The van der Waals surface area contributed by atoms with Gasteiger partial charge < -0.3 is 19.2 Å². The summed E-state index contributed by atoms with van der Waals surface area (Å²) in [5.74, 6) is 2.28. The second-order valence-electron chi connectivity index (χ2n) is 6.63. The van der Waals surface area contributed by atoms with Crippen molar-refractivity contribution in [3.8, 4) is 5.75 Å². The molecule has 0 amide bonds. The van der Waals surface area contributed by atoms with E-state index in [0.29, 0.717) is 25.2 Å². The van der Waals surface area contributed by atoms with Gasteiger partial charge in [-0.2, -0.15) is 0 Å². The van der Waals surface area contributed by atoms with Crippen LogP contribution in [0.2, 0.25) is 0 Å². The minimum atomic E-state index is 0.518. The van der Waals surface area contributed by atoms with Crippen molar-refractivity contribution < 1.29 is 13.9 Å². The van der Waals surface area contributed by atoms with Crippen LogP contribution in [-0.2, 0) is 11.3 Å². The molecular formula is C19H29NO3. The smallest absolute Gasteiger partial charge is 0.134 e. The Morgan fingerprint density at radius 1 is 1.13 bits per heavy atom. The second kappa shape index (κ2) is 8.94. The highest BCUT2D eigenvalue weighted by Gasteiger charge is 2.06. The second-order valence-corrected chi connectivity index (χ2v) is 6.63. The van der Waals surface area contributed by atoms with Gasteiger partial charge in [-0.05, 0) is 43.1 Å². The SMILES string of the molecule is CC(C)COCc1cc2cc(OCCCNC(C)C)ccc2o1. The molecule has 2 rings (SSSR count). The van der Waals surface area contributed by atoms with E-state index in [0.717, 1.165) is 42.1 Å². The van der Waals surface area contributed by atoms with Gasteiger partial charge in [0, 0.05) is 18.0 Å². The molecule has 0 aliphatic heterocycles. The third-order valence-corrected chi connectivity index (χ3v) is 3.38. The van der Waals surface area contributed by atoms with Crippen molar-refractivity contribution in [2.75, 3.05) is 19.8 Å². The van der Waals surface area contributed by atoms with E-state index in [1.54, 1.807) is 0 Å². The molecule has 0 atom stereocenters. The zero-order valence-electron chi connectivity index (χ0n) is 14.7. The van der Waals surface area contributed by atoms with Crippen LogP contribution < -0.4 is 10.1 Å². The average molecular weight is 319 g/mol. The maximum atomic E-state index is 5.80. The average Bonchev–Trinajstić information content (AvgIpc) is 2.88. The number of ether oxygens (including phenoxy) is 2. The van der Waals surface area contributed by atoms with Crippen LogP contribution in [0.3, 0.4) is 0 Å². The summed E-state index contributed by atoms with van der Waals surface area (Å²) in [5.41, 5.74) is 0.877. The molecule has 1 N–H and O–H groups in total. The molecule has 0 saturated carbocycles. The molecule has 0 bridgehead atoms. The van der Waals surface area contributed by atoms with Crippen LogP contribution in [0.15, 0.2) is 28.7 Å². The van der Waals surface area contributed by atoms with Crippen molar-refractivity contribution in [2.24, 2.45) is 5.92 Å². The molecule has 0 aliphatic rings. The van der Waals surface area contributed by atoms with Crippen LogP contribution in [0.5, 0.6) is 5.75 Å². The monoisotopic (exact) mass is 319 g/mol. The Hall–Kier alpha value is -1.52. The van der Waals surface area contributed by atoms with Crippen LogP contribution in [0, 0.1) is 5.92 Å². The van der Waals surface area contributed by atoms with E-state index in [-0.39, 0.29) is 0 Å². The normalized spacial score (nSPS) is 11.7. The van der Waals surface area contributed by atoms with E-state index in [1.807, 2.05) is 24.3 Å². The molecule has 1 aromatic carbocycles. The molecule has 0 aliphatic carbocycles. The molecule has 0 radical (unpaired) electrons. The number of rotatable bonds is 10. The fourth-order valence-electron chi connectivity index (χ4n) is 2.29. The summed E-state index contributed by atoms with van der Waals surface area (Å²) in [7, 11) is 0. The summed E-state index contributed by atoms with van der Waals surface area (Å²) < 4.78 is 17.2. The lowest BCUT2D eigenvalue weighted by Crippen LogP contribution is -2.24. The van der Waals surface area contributed by atoms with Crippen molar-refractivity contribution in [1.82, 2.24) is 5.32 Å². The lowest BCUT2D eigenvalue weighted by atomic mass is 10.2. The highest BCUT2D eigenvalue weighted by molar-refractivity contribution is 5.79. The maximum Gasteiger partial charge on any atom is 0.134 e. The lowest BCUT2D eigenvalue weighted by Gasteiger charge is -2.09. The first-order chi connectivity index (χ1) is 11.0. The number of hydrogen-bond acceptors (Lipinski definition) is 4. The maximum absolute atomic E-state index is 5.80. The highest BCUT2D eigenvalue weighted by Crippen LogP contribution is 2.25. The van der Waals surface area contributed by atoms with Gasteiger partial charge >= 0.3 is 0 Å². The molecule has 128 valence electrons. The first kappa shape index (κ1) is 17.8. The van der Waals surface area contributed by atoms with Crippen molar-refractivity contribution in [3.05, 3.63) is 30.0 Å². The molecule has 1 heterocycles. The largest absolute Gasteiger partial charge is 0.494 e. The van der Waals surface area contributed by atoms with Gasteiger partial charge in [0.15, 0.2) is 0 Å². The molecular weight excluding hydrogens is 290 g/mol. The Morgan fingerprint density at radius 2 is 1.96 bits per heavy atom. The van der Waals surface area contributed by atoms with Gasteiger partial charge in [-0.15, -0.1) is 0 Å². The molecule has 0 saturated heterocycles. The highest BCUT2D eigenvalue weighted by atomic mass is 16.5. The first-order valence-corrected chi connectivity index (χ1v) is 8.51. The van der Waals surface area contributed by atoms with Crippen LogP contribution in [-0.4, -0.2) is 25.8 Å². The fourth-order valence-corrected chi connectivity index (χ4v) is 2.29. The molecule has 4 nitrogen and oxygen atoms in total. The van der Waals surface area contributed by atoms with Gasteiger partial charge in [0.1, 0.15) is 23.7 Å². The third-order valence-electron chi connectivity index (χ3n) is 3.38. The summed E-state index contributed by atoms with van der Waals surface area (Å²) in [5, 5.41) is 4.44. The molecule has 0 spiro atoms. The fraction of sp³-hybridized carbons (Fsp3) is 0.579. The topological polar surface area (TPSA) is 43.6 Å². The first-order valence-electron chi connectivity index (χ1n) is 8.51. The van der Waals surface area contributed by atoms with Crippen molar-refractivity contribution >= 4 is 11.0 Å². The molecule has 4 heteroatoms. The third kappa shape index (κ3) is 6.24. The van der Waals surface area contributed by atoms with Gasteiger partial charge in [0.25, 0.3) is 0 Å². The standard InChI is InChI=1S/C19H29NO3/c1-14(2)12-21-13-18-11-16-10-17(6-7-19(16)23-18)22-9-5-8-20-15(3)4/h6-7,10-11,14-15,20H,5,8-9,12-13H2,1-4H3. The van der Waals surface area contributed by atoms with Crippen molar-refractivity contribution in [3.63, 3.8) is 0 Å². The summed E-state index contributed by atoms with van der Waals surface area (Å²) in [6.45, 7) is 11.5. The Labute approximate surface area is 139 Å². The van der Waals surface area contributed by atoms with Gasteiger partial charge in [-0.3, -0.25) is 0 Å². The quantitative estimate of drug-likeness (QED) is 0.660. The molecule has 2 aromatic rings. The van der Waals surface area contributed by atoms with Crippen LogP contribution >= 0.6 is 0 Å². The van der Waals surface area contributed by atoms with Crippen LogP contribution in [0.25, 0.3) is 11.0 Å². The Bertz CT molecular complexity index is 589. The van der Waals surface area contributed by atoms with E-state index in [9.17, 15) is 0 Å². The number of nitrogens with one attached hydrogen (secondary N) is 1. The number of fused-ring (bicyclic) bond motifs is 1. The van der Waals surface area contributed by atoms with E-state index < -0.39 is 0 Å². The zero-order valence-corrected chi connectivity index (χ0v) is 14.7. The van der Waals surface area contributed by atoms with Gasteiger partial charge in [0.05, 0.1) is 6.61 Å². The van der Waals surface area contributed by atoms with E-state index >= 15 is 0 Å². The Morgan fingerprint density at radius 3 is 2.70 bits per heavy atom. The minimum Gasteiger partial charge on any atom is -0.494 e. The predicted octanol–water partition coefficient (Wildman–Crippen LogP) is 4.37. The Kier molecular flexibility index (Phi) is 6.93. The molecule has 1 aromatic heterocycles. The number of hydrogen-bond donors (Lipinski definition) is 1. The van der Waals surface area contributed by atoms with Crippen LogP contribution in [0.4, 0.5) is 0 Å². The van der Waals surface area contributed by atoms with E-state index in [2.05, 4.69) is 33.0 Å². The van der Waals surface area contributed by atoms with Crippen molar-refractivity contribution in [1.29, 1.82) is 0 Å². The minimum absolute atomic E-state index is 0.518. The summed E-state index contributed by atoms with van der Waals surface area (Å²) in [6, 6.07) is 8.50. The zero-order chi connectivity index (χ0) is 16.7. The molecule has 0 fully saturated rings. The number of benzene rings is 1. The van der Waals surface area contributed by atoms with Gasteiger partial charge in [-0.25, -0.2) is 0 Å². The predicted molar refractivity (Wildman–Crippen MR) is 94.0 cm³/mol. The number of furan rings is 1. The summed E-state index contributed by atoms with van der Waals surface area (Å²) in [4.78, 5) is 0. The summed E-state index contributed by atoms with van der Waals surface area (Å²) >= 11 is 0. The van der Waals surface area contributed by atoms with Crippen LogP contribution in [0.1, 0.15) is 39.9 Å². The molecule has 0 unspecified atom stereocenters. The Balaban J connectivity index is 1.83. The van der Waals surface area contributed by atoms with Gasteiger partial charge in [0.2, 0.25) is 0 Å². The van der Waals surface area contributed by atoms with Crippen molar-refractivity contribution in [2.45, 2.75) is 46.8 Å². The molecule has 23 heavy (non-hydrogen) atoms.